The number of hydrogen-bond donors (Lipinski definition) is 1. The predicted molar refractivity (Wildman–Crippen MR) is 353 cm³/mol. The van der Waals surface area contributed by atoms with Gasteiger partial charge in [0.1, 0.15) is 19.3 Å². The number of phosphoric acid groups is 1. The standard InChI is InChI=1S/C72H129N2O7P/c1-7-10-13-16-19-22-25-28-30-32-34-35-36-37-38-39-41-42-44-46-49-52-55-58-61-64-71(75)73-69(68-80-82(77,78)79-67-66-74(4,5)6)70(63-60-57-54-51-48-27-24-21-18-15-12-9-3)81-72(76)65-62-59-56-53-50-47-45-43-40-33-31-29-26-23-20-17-14-11-8-2/h11,14,20,23,28-31,40,43,47,50,56,59-60,63,69-70H,7-10,12-13,15-19,21-22,24-27,32-39,41-42,44-46,48-49,51-55,57-58,61-62,64-68H2,1-6H3,(H-,73,75,77,78)/b14-11-,23-20-,30-28+,31-29-,43-40-,50-47-,59-56-,63-60-. The SMILES string of the molecule is CC/C=C\C/C=C\C/C=C\C/C=C\C/C=C\C/C=C\CCC(=O)OC(/C=C\CCCCCCCCCCCC)C(COP(=O)([O-])OCC[N+](C)(C)C)NC(=O)CCCCCCCCCCCCCCCCC/C=C/CCCCCCCC. The van der Waals surface area contributed by atoms with Crippen LogP contribution in [0.3, 0.4) is 0 Å². The van der Waals surface area contributed by atoms with Gasteiger partial charge in [0.25, 0.3) is 7.82 Å². The number of ether oxygens (including phenoxy) is 1. The zero-order valence-electron chi connectivity index (χ0n) is 54.2. The van der Waals surface area contributed by atoms with Crippen LogP contribution in [-0.4, -0.2) is 69.4 Å². The van der Waals surface area contributed by atoms with Crippen molar-refractivity contribution in [3.63, 3.8) is 0 Å². The molecule has 0 bridgehead atoms. The van der Waals surface area contributed by atoms with Crippen molar-refractivity contribution in [3.05, 3.63) is 97.2 Å². The van der Waals surface area contributed by atoms with Crippen molar-refractivity contribution in [3.8, 4) is 0 Å². The van der Waals surface area contributed by atoms with E-state index in [-0.39, 0.29) is 18.9 Å². The molecule has 0 aromatic heterocycles. The van der Waals surface area contributed by atoms with E-state index in [2.05, 4.69) is 105 Å². The first-order valence-corrected chi connectivity index (χ1v) is 35.5. The van der Waals surface area contributed by atoms with Crippen LogP contribution in [0.5, 0.6) is 0 Å². The first kappa shape index (κ1) is 78.9. The Hall–Kier alpha value is -3.07. The van der Waals surface area contributed by atoms with Crippen LogP contribution in [0, 0.1) is 0 Å². The number of esters is 1. The Morgan fingerprint density at radius 1 is 0.439 bits per heavy atom. The third kappa shape index (κ3) is 61.5. The second-order valence-corrected chi connectivity index (χ2v) is 25.4. The van der Waals surface area contributed by atoms with Crippen molar-refractivity contribution in [1.29, 1.82) is 0 Å². The van der Waals surface area contributed by atoms with Crippen LogP contribution in [0.15, 0.2) is 97.2 Å². The molecule has 0 heterocycles. The third-order valence-electron chi connectivity index (χ3n) is 14.8. The summed E-state index contributed by atoms with van der Waals surface area (Å²) in [6.45, 7) is 6.69. The maximum absolute atomic E-state index is 13.6. The zero-order chi connectivity index (χ0) is 60.0. The highest BCUT2D eigenvalue weighted by Crippen LogP contribution is 2.38. The largest absolute Gasteiger partial charge is 0.756 e. The molecule has 0 fully saturated rings. The van der Waals surface area contributed by atoms with Gasteiger partial charge in [-0.3, -0.25) is 14.2 Å². The van der Waals surface area contributed by atoms with E-state index < -0.39 is 32.5 Å². The summed E-state index contributed by atoms with van der Waals surface area (Å²) in [4.78, 5) is 40.1. The molecule has 0 spiro atoms. The Balaban J connectivity index is 5.18. The second kappa shape index (κ2) is 61.0. The molecule has 1 amide bonds. The number of nitrogens with one attached hydrogen (secondary N) is 1. The summed E-state index contributed by atoms with van der Waals surface area (Å²) in [5.74, 6) is -0.635. The lowest BCUT2D eigenvalue weighted by molar-refractivity contribution is -0.870. The summed E-state index contributed by atoms with van der Waals surface area (Å²) in [5, 5.41) is 3.02. The summed E-state index contributed by atoms with van der Waals surface area (Å²) in [6, 6.07) is -0.924. The lowest BCUT2D eigenvalue weighted by Gasteiger charge is -2.30. The van der Waals surface area contributed by atoms with Gasteiger partial charge in [0, 0.05) is 12.8 Å². The molecule has 0 saturated carbocycles. The number of carbonyl (C=O) groups excluding carboxylic acids is 2. The van der Waals surface area contributed by atoms with Gasteiger partial charge >= 0.3 is 5.97 Å². The third-order valence-corrected chi connectivity index (χ3v) is 15.7. The number of likely N-dealkylation sites (N-methyl/N-ethyl adjacent to an activating group) is 1. The Kier molecular flexibility index (Phi) is 58.7. The summed E-state index contributed by atoms with van der Waals surface area (Å²) in [6.07, 6.45) is 82.6. The molecule has 82 heavy (non-hydrogen) atoms. The molecule has 0 aliphatic carbocycles. The van der Waals surface area contributed by atoms with E-state index in [1.807, 2.05) is 39.4 Å². The van der Waals surface area contributed by atoms with Crippen LogP contribution in [0.4, 0.5) is 0 Å². The highest BCUT2D eigenvalue weighted by molar-refractivity contribution is 7.45. The molecule has 10 heteroatoms. The molecule has 0 aliphatic rings. The second-order valence-electron chi connectivity index (χ2n) is 23.9. The average Bonchev–Trinajstić information content (AvgIpc) is 3.44. The van der Waals surface area contributed by atoms with Crippen LogP contribution >= 0.6 is 7.82 Å². The highest BCUT2D eigenvalue weighted by Gasteiger charge is 2.27. The molecule has 0 aromatic carbocycles. The topological polar surface area (TPSA) is 114 Å². The fourth-order valence-corrected chi connectivity index (χ4v) is 10.3. The fourth-order valence-electron chi connectivity index (χ4n) is 9.54. The van der Waals surface area contributed by atoms with E-state index in [0.29, 0.717) is 23.9 Å². The molecule has 0 aliphatic heterocycles. The minimum Gasteiger partial charge on any atom is -0.756 e. The van der Waals surface area contributed by atoms with Gasteiger partial charge in [-0.1, -0.05) is 285 Å². The van der Waals surface area contributed by atoms with Gasteiger partial charge in [-0.05, 0) is 96.0 Å². The highest BCUT2D eigenvalue weighted by atomic mass is 31.2. The minimum atomic E-state index is -4.72. The van der Waals surface area contributed by atoms with Gasteiger partial charge in [0.15, 0.2) is 0 Å². The smallest absolute Gasteiger partial charge is 0.306 e. The van der Waals surface area contributed by atoms with Gasteiger partial charge in [0.2, 0.25) is 5.91 Å². The number of carbonyl (C=O) groups is 2. The minimum absolute atomic E-state index is 0.0365. The maximum Gasteiger partial charge on any atom is 0.306 e. The predicted octanol–water partition coefficient (Wildman–Crippen LogP) is 20.9. The molecule has 0 aromatic rings. The monoisotopic (exact) mass is 1160 g/mol. The number of phosphoric ester groups is 1. The van der Waals surface area contributed by atoms with E-state index in [4.69, 9.17) is 13.8 Å². The molecule has 3 unspecified atom stereocenters. The number of allylic oxidation sites excluding steroid dienone is 15. The molecule has 474 valence electrons. The molecule has 0 rings (SSSR count). The fraction of sp³-hybridized carbons (Fsp3) is 0.750. The Bertz CT molecular complexity index is 1720. The van der Waals surface area contributed by atoms with Gasteiger partial charge < -0.3 is 28.5 Å². The van der Waals surface area contributed by atoms with Crippen LogP contribution in [0.2, 0.25) is 0 Å². The number of hydrogen-bond acceptors (Lipinski definition) is 7. The molecule has 9 nitrogen and oxygen atoms in total. The lowest BCUT2D eigenvalue weighted by Crippen LogP contribution is -2.47. The van der Waals surface area contributed by atoms with Crippen LogP contribution in [-0.2, 0) is 27.9 Å². The Morgan fingerprint density at radius 3 is 1.20 bits per heavy atom. The van der Waals surface area contributed by atoms with Gasteiger partial charge in [-0.2, -0.15) is 0 Å². The van der Waals surface area contributed by atoms with E-state index in [1.165, 1.54) is 180 Å². The van der Waals surface area contributed by atoms with Crippen LogP contribution in [0.25, 0.3) is 0 Å². The number of rotatable bonds is 61. The van der Waals surface area contributed by atoms with Crippen molar-refractivity contribution < 1.29 is 37.3 Å². The van der Waals surface area contributed by atoms with Crippen molar-refractivity contribution in [2.24, 2.45) is 0 Å². The summed E-state index contributed by atoms with van der Waals surface area (Å²) < 4.78 is 30.3. The van der Waals surface area contributed by atoms with E-state index in [1.54, 1.807) is 0 Å². The van der Waals surface area contributed by atoms with Crippen LogP contribution < -0.4 is 10.2 Å². The van der Waals surface area contributed by atoms with Crippen molar-refractivity contribution in [2.45, 2.75) is 309 Å². The normalized spacial score (nSPS) is 14.2. The summed E-state index contributed by atoms with van der Waals surface area (Å²) >= 11 is 0. The lowest BCUT2D eigenvalue weighted by atomic mass is 10.0. The number of amides is 1. The molecule has 0 radical (unpaired) electrons. The van der Waals surface area contributed by atoms with E-state index in [0.717, 1.165) is 77.0 Å². The van der Waals surface area contributed by atoms with Gasteiger partial charge in [0.05, 0.1) is 33.8 Å². The van der Waals surface area contributed by atoms with Crippen molar-refractivity contribution >= 4 is 19.7 Å². The molecule has 0 saturated heterocycles. The molecular formula is C72H129N2O7P. The molecule has 3 atom stereocenters. The Labute approximate surface area is 507 Å². The van der Waals surface area contributed by atoms with Crippen molar-refractivity contribution in [2.75, 3.05) is 40.9 Å². The quantitative estimate of drug-likeness (QED) is 0.0212. The number of unbranched alkanes of at least 4 members (excludes halogenated alkanes) is 31. The van der Waals surface area contributed by atoms with Gasteiger partial charge in [-0.15, -0.1) is 0 Å². The first-order valence-electron chi connectivity index (χ1n) is 34.0. The molecule has 1 N–H and O–H groups in total. The summed E-state index contributed by atoms with van der Waals surface area (Å²) in [5.41, 5.74) is 0. The Morgan fingerprint density at radius 2 is 0.793 bits per heavy atom. The van der Waals surface area contributed by atoms with Gasteiger partial charge in [-0.25, -0.2) is 0 Å². The first-order chi connectivity index (χ1) is 39.9. The average molecular weight is 1170 g/mol. The molecular weight excluding hydrogens is 1040 g/mol. The van der Waals surface area contributed by atoms with E-state index in [9.17, 15) is 19.0 Å². The van der Waals surface area contributed by atoms with Crippen LogP contribution in [0.1, 0.15) is 297 Å². The number of quaternary nitrogens is 1. The maximum atomic E-state index is 13.6. The summed E-state index contributed by atoms with van der Waals surface area (Å²) in [7, 11) is 1.14. The zero-order valence-corrected chi connectivity index (χ0v) is 55.1. The van der Waals surface area contributed by atoms with E-state index >= 15 is 0 Å². The number of nitrogens with zero attached hydrogens (tertiary/aromatic N) is 1. The van der Waals surface area contributed by atoms with Crippen molar-refractivity contribution in [1.82, 2.24) is 5.32 Å².